The van der Waals surface area contributed by atoms with Crippen molar-refractivity contribution in [3.05, 3.63) is 65.7 Å². The second kappa shape index (κ2) is 8.00. The smallest absolute Gasteiger partial charge is 0.222 e. The molecule has 126 valence electrons. The summed E-state index contributed by atoms with van der Waals surface area (Å²) in [6, 6.07) is 18.8. The maximum absolute atomic E-state index is 12.3. The van der Waals surface area contributed by atoms with Crippen LogP contribution in [0.15, 0.2) is 54.6 Å². The number of benzene rings is 2. The lowest BCUT2D eigenvalue weighted by Gasteiger charge is -2.18. The molecule has 0 bridgehead atoms. The number of hydrogen-bond acceptors (Lipinski definition) is 2. The summed E-state index contributed by atoms with van der Waals surface area (Å²) < 4.78 is 0. The molecule has 1 fully saturated rings. The third kappa shape index (κ3) is 4.38. The molecule has 0 saturated carbocycles. The fourth-order valence-electron chi connectivity index (χ4n) is 3.24. The van der Waals surface area contributed by atoms with Crippen molar-refractivity contribution in [2.45, 2.75) is 32.2 Å². The second-order valence-electron chi connectivity index (χ2n) is 6.60. The van der Waals surface area contributed by atoms with Crippen LogP contribution in [0.25, 0.3) is 0 Å². The average molecular weight is 322 g/mol. The van der Waals surface area contributed by atoms with Crippen LogP contribution >= 0.6 is 0 Å². The summed E-state index contributed by atoms with van der Waals surface area (Å²) in [6.45, 7) is 3.01. The van der Waals surface area contributed by atoms with Crippen LogP contribution in [0.1, 0.15) is 30.4 Å². The highest BCUT2D eigenvalue weighted by Gasteiger charge is 2.12. The zero-order valence-corrected chi connectivity index (χ0v) is 14.4. The Kier molecular flexibility index (Phi) is 5.52. The van der Waals surface area contributed by atoms with E-state index in [2.05, 4.69) is 41.3 Å². The van der Waals surface area contributed by atoms with Crippen LogP contribution in [0.2, 0.25) is 0 Å². The summed E-state index contributed by atoms with van der Waals surface area (Å²) in [7, 11) is 1.88. The summed E-state index contributed by atoms with van der Waals surface area (Å²) in [5.74, 6) is 0.197. The Hall–Kier alpha value is -2.29. The minimum atomic E-state index is 0.197. The first-order valence-corrected chi connectivity index (χ1v) is 8.84. The van der Waals surface area contributed by atoms with Crippen LogP contribution < -0.4 is 4.90 Å². The summed E-state index contributed by atoms with van der Waals surface area (Å²) in [4.78, 5) is 16.6. The number of nitrogens with zero attached hydrogens (tertiary/aromatic N) is 2. The largest absolute Gasteiger partial charge is 0.372 e. The Morgan fingerprint density at radius 2 is 1.62 bits per heavy atom. The van der Waals surface area contributed by atoms with Crippen molar-refractivity contribution >= 4 is 11.6 Å². The zero-order chi connectivity index (χ0) is 16.8. The number of anilines is 1. The van der Waals surface area contributed by atoms with Crippen molar-refractivity contribution in [1.29, 1.82) is 0 Å². The van der Waals surface area contributed by atoms with Gasteiger partial charge in [0.05, 0.1) is 0 Å². The summed E-state index contributed by atoms with van der Waals surface area (Å²) >= 11 is 0. The van der Waals surface area contributed by atoms with Crippen molar-refractivity contribution in [3.63, 3.8) is 0 Å². The van der Waals surface area contributed by atoms with E-state index >= 15 is 0 Å². The van der Waals surface area contributed by atoms with Gasteiger partial charge in [-0.25, -0.2) is 0 Å². The van der Waals surface area contributed by atoms with Crippen LogP contribution in [0, 0.1) is 0 Å². The van der Waals surface area contributed by atoms with E-state index in [1.165, 1.54) is 42.7 Å². The standard InChI is InChI=1S/C21H26N2O/c1-22(17-19-7-3-2-4-8-19)21(24)14-11-18-9-12-20(13-10-18)23-15-5-6-16-23/h2-4,7-10,12-13H,5-6,11,14-17H2,1H3. The molecule has 0 aliphatic carbocycles. The molecular formula is C21H26N2O. The molecule has 24 heavy (non-hydrogen) atoms. The van der Waals surface area contributed by atoms with Gasteiger partial charge in [-0.2, -0.15) is 0 Å². The first-order valence-electron chi connectivity index (χ1n) is 8.84. The Morgan fingerprint density at radius 3 is 2.29 bits per heavy atom. The Labute approximate surface area is 144 Å². The normalized spacial score (nSPS) is 14.0. The van der Waals surface area contributed by atoms with E-state index < -0.39 is 0 Å². The predicted molar refractivity (Wildman–Crippen MR) is 99.1 cm³/mol. The highest BCUT2D eigenvalue weighted by atomic mass is 16.2. The van der Waals surface area contributed by atoms with Crippen LogP contribution in [0.3, 0.4) is 0 Å². The molecule has 0 unspecified atom stereocenters. The van der Waals surface area contributed by atoms with E-state index in [9.17, 15) is 4.79 Å². The van der Waals surface area contributed by atoms with Crippen molar-refractivity contribution in [1.82, 2.24) is 4.90 Å². The molecule has 0 aromatic heterocycles. The highest BCUT2D eigenvalue weighted by molar-refractivity contribution is 5.76. The van der Waals surface area contributed by atoms with Crippen LogP contribution in [-0.2, 0) is 17.8 Å². The molecule has 1 aliphatic rings. The van der Waals surface area contributed by atoms with Gasteiger partial charge in [0.25, 0.3) is 0 Å². The third-order valence-corrected chi connectivity index (χ3v) is 4.72. The molecule has 2 aromatic carbocycles. The van der Waals surface area contributed by atoms with E-state index in [0.717, 1.165) is 6.42 Å². The maximum atomic E-state index is 12.3. The van der Waals surface area contributed by atoms with Crippen LogP contribution in [0.5, 0.6) is 0 Å². The Balaban J connectivity index is 1.48. The lowest BCUT2D eigenvalue weighted by atomic mass is 10.1. The first-order chi connectivity index (χ1) is 11.7. The molecule has 0 N–H and O–H groups in total. The third-order valence-electron chi connectivity index (χ3n) is 4.72. The number of rotatable bonds is 6. The molecule has 3 rings (SSSR count). The van der Waals surface area contributed by atoms with Gasteiger partial charge in [-0.05, 0) is 42.5 Å². The predicted octanol–water partition coefficient (Wildman–Crippen LogP) is 3.88. The van der Waals surface area contributed by atoms with E-state index in [0.29, 0.717) is 13.0 Å². The minimum absolute atomic E-state index is 0.197. The van der Waals surface area contributed by atoms with Gasteiger partial charge < -0.3 is 9.80 Å². The molecule has 2 aromatic rings. The van der Waals surface area contributed by atoms with E-state index in [1.807, 2.05) is 30.1 Å². The van der Waals surface area contributed by atoms with Gasteiger partial charge in [0.2, 0.25) is 5.91 Å². The lowest BCUT2D eigenvalue weighted by molar-refractivity contribution is -0.130. The number of carbonyl (C=O) groups excluding carboxylic acids is 1. The highest BCUT2D eigenvalue weighted by Crippen LogP contribution is 2.21. The van der Waals surface area contributed by atoms with Crippen molar-refractivity contribution < 1.29 is 4.79 Å². The second-order valence-corrected chi connectivity index (χ2v) is 6.60. The Morgan fingerprint density at radius 1 is 0.958 bits per heavy atom. The van der Waals surface area contributed by atoms with Gasteiger partial charge >= 0.3 is 0 Å². The molecule has 0 atom stereocenters. The van der Waals surface area contributed by atoms with Gasteiger partial charge in [-0.1, -0.05) is 42.5 Å². The van der Waals surface area contributed by atoms with Gasteiger partial charge in [-0.3, -0.25) is 4.79 Å². The summed E-state index contributed by atoms with van der Waals surface area (Å²) in [5.41, 5.74) is 3.71. The van der Waals surface area contributed by atoms with Crippen molar-refractivity contribution in [2.75, 3.05) is 25.0 Å². The van der Waals surface area contributed by atoms with Crippen LogP contribution in [0.4, 0.5) is 5.69 Å². The molecule has 1 saturated heterocycles. The fourth-order valence-corrected chi connectivity index (χ4v) is 3.24. The van der Waals surface area contributed by atoms with Crippen LogP contribution in [-0.4, -0.2) is 30.9 Å². The number of carbonyl (C=O) groups is 1. The number of amides is 1. The number of aryl methyl sites for hydroxylation is 1. The van der Waals surface area contributed by atoms with E-state index in [-0.39, 0.29) is 5.91 Å². The van der Waals surface area contributed by atoms with Crippen molar-refractivity contribution in [2.24, 2.45) is 0 Å². The molecule has 3 nitrogen and oxygen atoms in total. The van der Waals surface area contributed by atoms with Gasteiger partial charge in [0.15, 0.2) is 0 Å². The zero-order valence-electron chi connectivity index (χ0n) is 14.4. The quantitative estimate of drug-likeness (QED) is 0.806. The first kappa shape index (κ1) is 16.6. The van der Waals surface area contributed by atoms with Crippen molar-refractivity contribution in [3.8, 4) is 0 Å². The monoisotopic (exact) mass is 322 g/mol. The van der Waals surface area contributed by atoms with Gasteiger partial charge in [-0.15, -0.1) is 0 Å². The minimum Gasteiger partial charge on any atom is -0.372 e. The van der Waals surface area contributed by atoms with Gasteiger partial charge in [0.1, 0.15) is 0 Å². The molecule has 3 heteroatoms. The molecule has 0 radical (unpaired) electrons. The molecule has 1 aliphatic heterocycles. The summed E-state index contributed by atoms with van der Waals surface area (Å²) in [5, 5.41) is 0. The van der Waals surface area contributed by atoms with Gasteiger partial charge in [0, 0.05) is 38.8 Å². The Bertz CT molecular complexity index is 645. The average Bonchev–Trinajstić information content (AvgIpc) is 3.15. The van der Waals surface area contributed by atoms with E-state index in [1.54, 1.807) is 0 Å². The fraction of sp³-hybridized carbons (Fsp3) is 0.381. The SMILES string of the molecule is CN(Cc1ccccc1)C(=O)CCc1ccc(N2CCCC2)cc1. The molecule has 1 heterocycles. The lowest BCUT2D eigenvalue weighted by Crippen LogP contribution is -2.26. The van der Waals surface area contributed by atoms with E-state index in [4.69, 9.17) is 0 Å². The number of hydrogen-bond donors (Lipinski definition) is 0. The topological polar surface area (TPSA) is 23.6 Å². The molecule has 0 spiro atoms. The maximum Gasteiger partial charge on any atom is 0.222 e. The molecule has 1 amide bonds. The molecular weight excluding hydrogens is 296 g/mol. The summed E-state index contributed by atoms with van der Waals surface area (Å²) in [6.07, 6.45) is 3.96.